The fourth-order valence-electron chi connectivity index (χ4n) is 3.58. The molecule has 178 valence electrons. The molecule has 0 saturated heterocycles. The van der Waals surface area contributed by atoms with Crippen molar-refractivity contribution in [3.63, 3.8) is 0 Å². The molecule has 2 N–H and O–H groups in total. The highest BCUT2D eigenvalue weighted by Crippen LogP contribution is 2.47. The number of carboxylic acid groups (broad SMARTS) is 1. The number of imidazole rings is 1. The normalized spacial score (nSPS) is 15.1. The molecule has 0 unspecified atom stereocenters. The zero-order valence-corrected chi connectivity index (χ0v) is 18.5. The zero-order chi connectivity index (χ0) is 24.9. The first-order valence-electron chi connectivity index (χ1n) is 10.1. The maximum Gasteiger partial charge on any atom is 0.417 e. The number of aromatic nitrogens is 3. The Labute approximate surface area is 191 Å². The van der Waals surface area contributed by atoms with E-state index < -0.39 is 43.7 Å². The van der Waals surface area contributed by atoms with Gasteiger partial charge in [-0.2, -0.15) is 18.4 Å². The highest BCUT2D eigenvalue weighted by molar-refractivity contribution is 7.91. The van der Waals surface area contributed by atoms with E-state index >= 15 is 0 Å². The van der Waals surface area contributed by atoms with Crippen molar-refractivity contribution in [2.75, 3.05) is 11.1 Å². The molecule has 3 aromatic heterocycles. The van der Waals surface area contributed by atoms with Gasteiger partial charge in [0, 0.05) is 12.4 Å². The van der Waals surface area contributed by atoms with Crippen molar-refractivity contribution < 1.29 is 31.5 Å². The van der Waals surface area contributed by atoms with E-state index in [1.807, 2.05) is 0 Å². The smallest absolute Gasteiger partial charge is 0.417 e. The topological polar surface area (TPSA) is 137 Å². The summed E-state index contributed by atoms with van der Waals surface area (Å²) in [5, 5.41) is 21.2. The van der Waals surface area contributed by atoms with Gasteiger partial charge in [0.05, 0.1) is 40.6 Å². The molecule has 1 aliphatic rings. The molecule has 0 atom stereocenters. The molecule has 13 heteroatoms. The number of rotatable bonds is 7. The molecule has 1 fully saturated rings. The minimum atomic E-state index is -4.69. The number of carboxylic acids is 1. The minimum absolute atomic E-state index is 0.0333. The Morgan fingerprint density at radius 3 is 2.62 bits per heavy atom. The van der Waals surface area contributed by atoms with Crippen molar-refractivity contribution in [2.45, 2.75) is 42.9 Å². The first-order chi connectivity index (χ1) is 15.9. The number of hydrogen-bond donors (Lipinski definition) is 2. The summed E-state index contributed by atoms with van der Waals surface area (Å²) in [6.07, 6.45) is -1.43. The standard InChI is InChI=1S/C21H18F3N5O4S/c1-2-34(32,33)18-17(28-16-4-3-12(10-29(16)18)21(22,23)24)27-9-15-14(19(30)31)7-13(8-26-15)20(11-25)5-6-20/h3-4,7-8,10,27H,2,5-6,9H2,1H3,(H,30,31). The van der Waals surface area contributed by atoms with E-state index in [4.69, 9.17) is 0 Å². The second kappa shape index (κ2) is 7.98. The van der Waals surface area contributed by atoms with Crippen LogP contribution in [0.5, 0.6) is 0 Å². The summed E-state index contributed by atoms with van der Waals surface area (Å²) in [6, 6.07) is 5.37. The summed E-state index contributed by atoms with van der Waals surface area (Å²) in [7, 11) is -4.03. The second-order valence-electron chi connectivity index (χ2n) is 7.88. The van der Waals surface area contributed by atoms with E-state index in [2.05, 4.69) is 21.4 Å². The summed E-state index contributed by atoms with van der Waals surface area (Å²) in [5.74, 6) is -1.90. The number of aromatic carboxylic acids is 1. The minimum Gasteiger partial charge on any atom is -0.478 e. The van der Waals surface area contributed by atoms with Gasteiger partial charge in [-0.25, -0.2) is 18.2 Å². The van der Waals surface area contributed by atoms with E-state index in [0.29, 0.717) is 24.6 Å². The molecule has 1 saturated carbocycles. The van der Waals surface area contributed by atoms with Crippen LogP contribution in [-0.2, 0) is 28.0 Å². The molecule has 3 aromatic rings. The number of hydrogen-bond acceptors (Lipinski definition) is 7. The number of fused-ring (bicyclic) bond motifs is 1. The van der Waals surface area contributed by atoms with Crippen LogP contribution >= 0.6 is 0 Å². The van der Waals surface area contributed by atoms with Gasteiger partial charge in [0.2, 0.25) is 0 Å². The third kappa shape index (κ3) is 4.05. The summed E-state index contributed by atoms with van der Waals surface area (Å²) >= 11 is 0. The summed E-state index contributed by atoms with van der Waals surface area (Å²) in [5.41, 5.74) is -1.46. The lowest BCUT2D eigenvalue weighted by Crippen LogP contribution is -2.15. The molecule has 0 spiro atoms. The van der Waals surface area contributed by atoms with Crippen molar-refractivity contribution in [1.29, 1.82) is 5.26 Å². The Kier molecular flexibility index (Phi) is 5.52. The number of anilines is 1. The lowest BCUT2D eigenvalue weighted by atomic mass is 9.97. The summed E-state index contributed by atoms with van der Waals surface area (Å²) in [6.45, 7) is 1.08. The fourth-order valence-corrected chi connectivity index (χ4v) is 4.71. The van der Waals surface area contributed by atoms with Crippen molar-refractivity contribution >= 4 is 27.3 Å². The number of nitrogens with zero attached hydrogens (tertiary/aromatic N) is 4. The van der Waals surface area contributed by atoms with Gasteiger partial charge in [0.15, 0.2) is 20.7 Å². The molecule has 0 radical (unpaired) electrons. The lowest BCUT2D eigenvalue weighted by molar-refractivity contribution is -0.137. The van der Waals surface area contributed by atoms with Crippen LogP contribution in [0, 0.1) is 11.3 Å². The van der Waals surface area contributed by atoms with Crippen molar-refractivity contribution in [1.82, 2.24) is 14.4 Å². The van der Waals surface area contributed by atoms with E-state index in [9.17, 15) is 36.8 Å². The van der Waals surface area contributed by atoms with Gasteiger partial charge in [-0.05, 0) is 36.6 Å². The SMILES string of the molecule is CCS(=O)(=O)c1c(NCc2ncc(C3(C#N)CC3)cc2C(=O)O)nc2ccc(C(F)(F)F)cn12. The van der Waals surface area contributed by atoms with E-state index in [0.717, 1.165) is 16.5 Å². The first-order valence-corrected chi connectivity index (χ1v) is 11.8. The molecule has 3 heterocycles. The number of carbonyl (C=O) groups is 1. The number of halogens is 3. The maximum absolute atomic E-state index is 13.2. The largest absolute Gasteiger partial charge is 0.478 e. The van der Waals surface area contributed by atoms with Gasteiger partial charge in [0.1, 0.15) is 5.65 Å². The first kappa shape index (κ1) is 23.5. The Morgan fingerprint density at radius 2 is 2.06 bits per heavy atom. The Bertz CT molecular complexity index is 1450. The van der Waals surface area contributed by atoms with Gasteiger partial charge in [-0.3, -0.25) is 9.38 Å². The van der Waals surface area contributed by atoms with Crippen LogP contribution in [0.2, 0.25) is 0 Å². The van der Waals surface area contributed by atoms with Gasteiger partial charge in [-0.1, -0.05) is 6.92 Å². The number of alkyl halides is 3. The number of nitriles is 1. The van der Waals surface area contributed by atoms with Gasteiger partial charge < -0.3 is 10.4 Å². The van der Waals surface area contributed by atoms with E-state index in [1.54, 1.807) is 0 Å². The lowest BCUT2D eigenvalue weighted by Gasteiger charge is -2.12. The van der Waals surface area contributed by atoms with Crippen molar-refractivity contribution in [2.24, 2.45) is 0 Å². The molecule has 0 aliphatic heterocycles. The fraction of sp³-hybridized carbons (Fsp3) is 0.333. The Hall–Kier alpha value is -3.66. The van der Waals surface area contributed by atoms with E-state index in [1.165, 1.54) is 19.2 Å². The van der Waals surface area contributed by atoms with Crippen LogP contribution in [0.25, 0.3) is 5.65 Å². The number of pyridine rings is 2. The maximum atomic E-state index is 13.2. The van der Waals surface area contributed by atoms with Crippen LogP contribution in [-0.4, -0.2) is 39.6 Å². The molecule has 0 aromatic carbocycles. The van der Waals surface area contributed by atoms with Crippen LogP contribution in [0.3, 0.4) is 0 Å². The molecular weight excluding hydrogens is 475 g/mol. The zero-order valence-electron chi connectivity index (χ0n) is 17.7. The third-order valence-electron chi connectivity index (χ3n) is 5.72. The summed E-state index contributed by atoms with van der Waals surface area (Å²) in [4.78, 5) is 20.1. The average Bonchev–Trinajstić information content (AvgIpc) is 3.50. The van der Waals surface area contributed by atoms with Crippen molar-refractivity contribution in [3.05, 3.63) is 53.0 Å². The highest BCUT2D eigenvalue weighted by atomic mass is 32.2. The van der Waals surface area contributed by atoms with Crippen LogP contribution in [0.1, 0.15) is 46.9 Å². The molecule has 0 bridgehead atoms. The number of sulfone groups is 1. The summed E-state index contributed by atoms with van der Waals surface area (Å²) < 4.78 is 65.8. The molecule has 9 nitrogen and oxygen atoms in total. The van der Waals surface area contributed by atoms with Gasteiger partial charge in [0.25, 0.3) is 0 Å². The number of nitrogens with one attached hydrogen (secondary N) is 1. The highest BCUT2D eigenvalue weighted by Gasteiger charge is 2.45. The molecular formula is C21H18F3N5O4S. The van der Waals surface area contributed by atoms with E-state index in [-0.39, 0.29) is 29.3 Å². The Morgan fingerprint density at radius 1 is 1.35 bits per heavy atom. The van der Waals surface area contributed by atoms with Crippen LogP contribution in [0.15, 0.2) is 35.6 Å². The van der Waals surface area contributed by atoms with Crippen LogP contribution in [0.4, 0.5) is 19.0 Å². The Balaban J connectivity index is 1.75. The predicted molar refractivity (Wildman–Crippen MR) is 113 cm³/mol. The van der Waals surface area contributed by atoms with Crippen LogP contribution < -0.4 is 5.32 Å². The second-order valence-corrected chi connectivity index (χ2v) is 10.1. The van der Waals surface area contributed by atoms with Gasteiger partial charge >= 0.3 is 12.1 Å². The molecule has 4 rings (SSSR count). The molecule has 0 amide bonds. The van der Waals surface area contributed by atoms with Gasteiger partial charge in [-0.15, -0.1) is 0 Å². The third-order valence-corrected chi connectivity index (χ3v) is 7.46. The van der Waals surface area contributed by atoms with Crippen molar-refractivity contribution in [3.8, 4) is 6.07 Å². The average molecular weight is 493 g/mol. The molecule has 1 aliphatic carbocycles. The molecule has 34 heavy (non-hydrogen) atoms. The quantitative estimate of drug-likeness (QED) is 0.511. The predicted octanol–water partition coefficient (Wildman–Crippen LogP) is 3.41. The monoisotopic (exact) mass is 493 g/mol.